The number of piperidine rings is 1. The predicted octanol–water partition coefficient (Wildman–Crippen LogP) is 2.58. The van der Waals surface area contributed by atoms with Crippen LogP contribution >= 0.6 is 11.6 Å². The average Bonchev–Trinajstić information content (AvgIpc) is 2.55. The van der Waals surface area contributed by atoms with Gasteiger partial charge in [-0.05, 0) is 44.4 Å². The molecule has 0 bridgehead atoms. The van der Waals surface area contributed by atoms with E-state index in [0.717, 1.165) is 12.0 Å². The van der Waals surface area contributed by atoms with Crippen LogP contribution in [0, 0.1) is 5.92 Å². The summed E-state index contributed by atoms with van der Waals surface area (Å²) in [5.41, 5.74) is 0.969. The highest BCUT2D eigenvalue weighted by atomic mass is 35.5. The Morgan fingerprint density at radius 1 is 1.39 bits per heavy atom. The Morgan fingerprint density at radius 2 is 2.04 bits per heavy atom. The fourth-order valence-corrected chi connectivity index (χ4v) is 4.06. The summed E-state index contributed by atoms with van der Waals surface area (Å²) in [5, 5.41) is 3.62. The van der Waals surface area contributed by atoms with Crippen LogP contribution in [0.25, 0.3) is 0 Å². The van der Waals surface area contributed by atoms with E-state index in [9.17, 15) is 13.2 Å². The fraction of sp³-hybridized carbons (Fsp3) is 0.562. The third-order valence-electron chi connectivity index (χ3n) is 4.24. The number of halogens is 1. The van der Waals surface area contributed by atoms with Crippen molar-refractivity contribution in [3.63, 3.8) is 0 Å². The van der Waals surface area contributed by atoms with Gasteiger partial charge in [-0.15, -0.1) is 0 Å². The third kappa shape index (κ3) is 4.68. The number of amides is 1. The Morgan fingerprint density at radius 3 is 2.65 bits per heavy atom. The number of carbonyl (C=O) groups is 1. The van der Waals surface area contributed by atoms with Crippen LogP contribution in [0.5, 0.6) is 0 Å². The number of hydrogen-bond acceptors (Lipinski definition) is 3. The first kappa shape index (κ1) is 18.2. The first-order valence-corrected chi connectivity index (χ1v) is 9.86. The first-order chi connectivity index (χ1) is 10.8. The van der Waals surface area contributed by atoms with Gasteiger partial charge in [0.05, 0.1) is 17.7 Å². The highest BCUT2D eigenvalue weighted by Gasteiger charge is 2.31. The Balaban J connectivity index is 1.98. The average molecular weight is 359 g/mol. The second-order valence-corrected chi connectivity index (χ2v) is 8.57. The van der Waals surface area contributed by atoms with Gasteiger partial charge in [-0.2, -0.15) is 0 Å². The number of nitrogens with one attached hydrogen (secondary N) is 1. The van der Waals surface area contributed by atoms with Crippen LogP contribution in [0.3, 0.4) is 0 Å². The first-order valence-electron chi connectivity index (χ1n) is 7.87. The molecule has 5 nitrogen and oxygen atoms in total. The van der Waals surface area contributed by atoms with E-state index in [4.69, 9.17) is 11.6 Å². The van der Waals surface area contributed by atoms with Gasteiger partial charge in [-0.25, -0.2) is 12.7 Å². The largest absolute Gasteiger partial charge is 0.349 e. The molecule has 1 heterocycles. The normalized spacial score (nSPS) is 20.9. The molecule has 128 valence electrons. The number of sulfonamides is 1. The lowest BCUT2D eigenvalue weighted by Gasteiger charge is -2.31. The quantitative estimate of drug-likeness (QED) is 0.879. The maximum atomic E-state index is 12.5. The van der Waals surface area contributed by atoms with Gasteiger partial charge in [0.2, 0.25) is 15.9 Å². The molecule has 1 aliphatic heterocycles. The summed E-state index contributed by atoms with van der Waals surface area (Å²) < 4.78 is 25.4. The van der Waals surface area contributed by atoms with Crippen molar-refractivity contribution < 1.29 is 13.2 Å². The minimum atomic E-state index is -3.23. The van der Waals surface area contributed by atoms with E-state index < -0.39 is 10.0 Å². The van der Waals surface area contributed by atoms with Crippen LogP contribution in [0.1, 0.15) is 38.3 Å². The predicted molar refractivity (Wildman–Crippen MR) is 91.8 cm³/mol. The standard InChI is InChI=1S/C16H23ClN2O3S/c1-3-23(21,22)19-10-4-5-14(11-19)16(20)18-12(2)13-6-8-15(17)9-7-13/h6-9,12,14H,3-5,10-11H2,1-2H3,(H,18,20)/t12-,14+/m1/s1. The summed E-state index contributed by atoms with van der Waals surface area (Å²) in [6, 6.07) is 7.19. The Hall–Kier alpha value is -1.11. The number of rotatable bonds is 5. The summed E-state index contributed by atoms with van der Waals surface area (Å²) >= 11 is 5.87. The summed E-state index contributed by atoms with van der Waals surface area (Å²) in [7, 11) is -3.23. The van der Waals surface area contributed by atoms with Crippen molar-refractivity contribution in [3.05, 3.63) is 34.9 Å². The summed E-state index contributed by atoms with van der Waals surface area (Å²) in [5.74, 6) is -0.314. The van der Waals surface area contributed by atoms with Crippen LogP contribution in [-0.4, -0.2) is 37.5 Å². The molecule has 0 aliphatic carbocycles. The van der Waals surface area contributed by atoms with Gasteiger partial charge < -0.3 is 5.32 Å². The molecule has 2 atom stereocenters. The molecule has 2 rings (SSSR count). The van der Waals surface area contributed by atoms with Crippen molar-refractivity contribution in [1.29, 1.82) is 0 Å². The summed E-state index contributed by atoms with van der Waals surface area (Å²) in [6.07, 6.45) is 1.43. The van der Waals surface area contributed by atoms with Crippen molar-refractivity contribution in [2.24, 2.45) is 5.92 Å². The molecule has 1 aromatic rings. The Bertz CT molecular complexity index is 646. The van der Waals surface area contributed by atoms with Crippen LogP contribution in [0.4, 0.5) is 0 Å². The fourth-order valence-electron chi connectivity index (χ4n) is 2.76. The van der Waals surface area contributed by atoms with E-state index in [0.29, 0.717) is 18.0 Å². The van der Waals surface area contributed by atoms with Gasteiger partial charge in [-0.1, -0.05) is 23.7 Å². The molecule has 1 aromatic carbocycles. The van der Waals surface area contributed by atoms with Crippen molar-refractivity contribution in [1.82, 2.24) is 9.62 Å². The number of hydrogen-bond donors (Lipinski definition) is 1. The van der Waals surface area contributed by atoms with Crippen molar-refractivity contribution in [2.45, 2.75) is 32.7 Å². The van der Waals surface area contributed by atoms with Crippen LogP contribution in [0.15, 0.2) is 24.3 Å². The molecule has 23 heavy (non-hydrogen) atoms. The molecular formula is C16H23ClN2O3S. The molecule has 0 aromatic heterocycles. The van der Waals surface area contributed by atoms with Crippen LogP contribution < -0.4 is 5.32 Å². The maximum Gasteiger partial charge on any atom is 0.224 e. The zero-order valence-corrected chi connectivity index (χ0v) is 15.0. The molecule has 1 N–H and O–H groups in total. The van der Waals surface area contributed by atoms with E-state index in [2.05, 4.69) is 5.32 Å². The zero-order chi connectivity index (χ0) is 17.0. The molecule has 0 spiro atoms. The molecular weight excluding hydrogens is 336 g/mol. The monoisotopic (exact) mass is 358 g/mol. The molecule has 1 amide bonds. The molecule has 7 heteroatoms. The Kier molecular flexibility index (Phi) is 6.06. The lowest BCUT2D eigenvalue weighted by molar-refractivity contribution is -0.126. The van der Waals surface area contributed by atoms with E-state index in [1.165, 1.54) is 4.31 Å². The molecule has 1 fully saturated rings. The lowest BCUT2D eigenvalue weighted by atomic mass is 9.98. The minimum absolute atomic E-state index is 0.0719. The third-order valence-corrected chi connectivity index (χ3v) is 6.34. The van der Waals surface area contributed by atoms with Gasteiger partial charge in [0.1, 0.15) is 0 Å². The SMILES string of the molecule is CCS(=O)(=O)N1CCC[C@H](C(=O)N[C@H](C)c2ccc(Cl)cc2)C1. The topological polar surface area (TPSA) is 66.5 Å². The van der Waals surface area contributed by atoms with Crippen molar-refractivity contribution >= 4 is 27.5 Å². The van der Waals surface area contributed by atoms with E-state index in [-0.39, 0.29) is 30.2 Å². The summed E-state index contributed by atoms with van der Waals surface area (Å²) in [4.78, 5) is 12.5. The number of benzene rings is 1. The Labute approximate surface area is 143 Å². The van der Waals surface area contributed by atoms with Gasteiger partial charge in [0.15, 0.2) is 0 Å². The van der Waals surface area contributed by atoms with Gasteiger partial charge in [0.25, 0.3) is 0 Å². The number of nitrogens with zero attached hydrogens (tertiary/aromatic N) is 1. The second-order valence-electron chi connectivity index (χ2n) is 5.88. The maximum absolute atomic E-state index is 12.5. The summed E-state index contributed by atoms with van der Waals surface area (Å²) in [6.45, 7) is 4.31. The van der Waals surface area contributed by atoms with E-state index in [1.54, 1.807) is 19.1 Å². The molecule has 0 radical (unpaired) electrons. The minimum Gasteiger partial charge on any atom is -0.349 e. The molecule has 0 saturated carbocycles. The smallest absolute Gasteiger partial charge is 0.224 e. The second kappa shape index (κ2) is 7.64. The highest BCUT2D eigenvalue weighted by molar-refractivity contribution is 7.89. The van der Waals surface area contributed by atoms with E-state index in [1.807, 2.05) is 19.1 Å². The zero-order valence-electron chi connectivity index (χ0n) is 13.5. The van der Waals surface area contributed by atoms with Crippen LogP contribution in [0.2, 0.25) is 5.02 Å². The van der Waals surface area contributed by atoms with Gasteiger partial charge in [-0.3, -0.25) is 4.79 Å². The molecule has 0 unspecified atom stereocenters. The number of carbonyl (C=O) groups excluding carboxylic acids is 1. The van der Waals surface area contributed by atoms with Gasteiger partial charge >= 0.3 is 0 Å². The molecule has 1 aliphatic rings. The van der Waals surface area contributed by atoms with Crippen molar-refractivity contribution in [3.8, 4) is 0 Å². The highest BCUT2D eigenvalue weighted by Crippen LogP contribution is 2.22. The van der Waals surface area contributed by atoms with Crippen molar-refractivity contribution in [2.75, 3.05) is 18.8 Å². The lowest BCUT2D eigenvalue weighted by Crippen LogP contribution is -2.46. The van der Waals surface area contributed by atoms with E-state index >= 15 is 0 Å². The van der Waals surface area contributed by atoms with Crippen LogP contribution in [-0.2, 0) is 14.8 Å². The van der Waals surface area contributed by atoms with Gasteiger partial charge in [0, 0.05) is 18.1 Å². The molecule has 1 saturated heterocycles.